The summed E-state index contributed by atoms with van der Waals surface area (Å²) in [4.78, 5) is 12.2. The van der Waals surface area contributed by atoms with Crippen molar-refractivity contribution < 1.29 is 14.6 Å². The van der Waals surface area contributed by atoms with Crippen molar-refractivity contribution in [1.82, 2.24) is 9.88 Å². The molecule has 0 radical (unpaired) electrons. The molecule has 1 unspecified atom stereocenters. The number of hydrogen-bond donors (Lipinski definition) is 2. The molecule has 1 amide bonds. The van der Waals surface area contributed by atoms with Crippen molar-refractivity contribution in [2.75, 3.05) is 13.7 Å². The van der Waals surface area contributed by atoms with E-state index in [0.29, 0.717) is 16.3 Å². The third-order valence-electron chi connectivity index (χ3n) is 3.19. The normalized spacial score (nSPS) is 12.0. The van der Waals surface area contributed by atoms with Crippen LogP contribution in [0.2, 0.25) is 5.02 Å². The van der Waals surface area contributed by atoms with Crippen LogP contribution >= 0.6 is 11.6 Å². The summed E-state index contributed by atoms with van der Waals surface area (Å²) in [5.74, 6) is 0.0906. The van der Waals surface area contributed by atoms with E-state index in [2.05, 4.69) is 5.32 Å². The van der Waals surface area contributed by atoms with Gasteiger partial charge in [-0.25, -0.2) is 0 Å². The molecule has 21 heavy (non-hydrogen) atoms. The highest BCUT2D eigenvalue weighted by Gasteiger charge is 2.16. The number of carbonyl (C=O) groups excluding carboxylic acids is 1. The van der Waals surface area contributed by atoms with Gasteiger partial charge >= 0.3 is 0 Å². The summed E-state index contributed by atoms with van der Waals surface area (Å²) in [7, 11) is 3.32. The average molecular weight is 309 g/mol. The minimum atomic E-state index is -0.779. The van der Waals surface area contributed by atoms with E-state index in [4.69, 9.17) is 16.3 Å². The summed E-state index contributed by atoms with van der Waals surface area (Å²) in [5, 5.41) is 13.2. The molecule has 1 atom stereocenters. The fourth-order valence-corrected chi connectivity index (χ4v) is 2.24. The molecule has 0 saturated heterocycles. The van der Waals surface area contributed by atoms with Gasteiger partial charge in [-0.3, -0.25) is 4.79 Å². The van der Waals surface area contributed by atoms with Crippen LogP contribution in [0.4, 0.5) is 0 Å². The quantitative estimate of drug-likeness (QED) is 0.889. The minimum absolute atomic E-state index is 0.104. The smallest absolute Gasteiger partial charge is 0.255 e. The first kappa shape index (κ1) is 15.4. The molecule has 1 aromatic heterocycles. The molecule has 1 heterocycles. The van der Waals surface area contributed by atoms with Crippen LogP contribution in [0.3, 0.4) is 0 Å². The number of ether oxygens (including phenoxy) is 1. The second kappa shape index (κ2) is 6.65. The van der Waals surface area contributed by atoms with Crippen molar-refractivity contribution in [2.24, 2.45) is 7.05 Å². The van der Waals surface area contributed by atoms with E-state index in [1.54, 1.807) is 22.8 Å². The zero-order valence-electron chi connectivity index (χ0n) is 11.8. The lowest BCUT2D eigenvalue weighted by molar-refractivity contribution is 0.0909. The van der Waals surface area contributed by atoms with Crippen molar-refractivity contribution >= 4 is 17.5 Å². The fourth-order valence-electron chi connectivity index (χ4n) is 2.07. The third kappa shape index (κ3) is 3.56. The Balaban J connectivity index is 2.05. The molecule has 6 heteroatoms. The van der Waals surface area contributed by atoms with E-state index < -0.39 is 6.10 Å². The molecule has 2 rings (SSSR count). The van der Waals surface area contributed by atoms with Crippen LogP contribution in [0.25, 0.3) is 0 Å². The van der Waals surface area contributed by atoms with Crippen LogP contribution in [-0.2, 0) is 7.05 Å². The number of aliphatic hydroxyl groups excluding tert-OH is 1. The maximum atomic E-state index is 12.2. The Morgan fingerprint density at radius 3 is 2.86 bits per heavy atom. The van der Waals surface area contributed by atoms with Crippen molar-refractivity contribution in [3.63, 3.8) is 0 Å². The SMILES string of the molecule is COc1ccc(Cl)cc1C(=O)NCC(O)c1cccn1C. The summed E-state index contributed by atoms with van der Waals surface area (Å²) in [5.41, 5.74) is 1.07. The number of nitrogens with zero attached hydrogens (tertiary/aromatic N) is 1. The molecule has 0 aliphatic rings. The van der Waals surface area contributed by atoms with Crippen LogP contribution in [0, 0.1) is 0 Å². The van der Waals surface area contributed by atoms with Gasteiger partial charge in [0.05, 0.1) is 12.7 Å². The number of benzene rings is 1. The van der Waals surface area contributed by atoms with E-state index in [9.17, 15) is 9.90 Å². The number of nitrogens with one attached hydrogen (secondary N) is 1. The lowest BCUT2D eigenvalue weighted by Gasteiger charge is -2.14. The highest BCUT2D eigenvalue weighted by molar-refractivity contribution is 6.31. The number of aryl methyl sites for hydroxylation is 1. The predicted octanol–water partition coefficient (Wildman–Crippen LogP) is 2.15. The standard InChI is InChI=1S/C15H17ClN2O3/c1-18-7-3-4-12(18)13(19)9-17-15(20)11-8-10(16)5-6-14(11)21-2/h3-8,13,19H,9H2,1-2H3,(H,17,20). The monoisotopic (exact) mass is 308 g/mol. The number of rotatable bonds is 5. The lowest BCUT2D eigenvalue weighted by Crippen LogP contribution is -2.29. The van der Waals surface area contributed by atoms with Gasteiger partial charge in [0, 0.05) is 30.5 Å². The lowest BCUT2D eigenvalue weighted by atomic mass is 10.1. The maximum absolute atomic E-state index is 12.2. The van der Waals surface area contributed by atoms with E-state index in [-0.39, 0.29) is 12.5 Å². The molecule has 2 N–H and O–H groups in total. The first-order chi connectivity index (χ1) is 10.0. The molecular formula is C15H17ClN2O3. The van der Waals surface area contributed by atoms with Gasteiger partial charge in [0.2, 0.25) is 0 Å². The zero-order valence-corrected chi connectivity index (χ0v) is 12.6. The number of aromatic nitrogens is 1. The Bertz CT molecular complexity index is 640. The zero-order chi connectivity index (χ0) is 15.4. The van der Waals surface area contributed by atoms with Gasteiger partial charge in [0.15, 0.2) is 0 Å². The molecule has 2 aromatic rings. The number of aliphatic hydroxyl groups is 1. The van der Waals surface area contributed by atoms with Gasteiger partial charge in [-0.1, -0.05) is 11.6 Å². The molecule has 112 valence electrons. The van der Waals surface area contributed by atoms with E-state index in [0.717, 1.165) is 5.69 Å². The largest absolute Gasteiger partial charge is 0.496 e. The summed E-state index contributed by atoms with van der Waals surface area (Å²) >= 11 is 5.89. The Labute approximate surface area is 128 Å². The van der Waals surface area contributed by atoms with Gasteiger partial charge in [0.1, 0.15) is 11.9 Å². The van der Waals surface area contributed by atoms with Crippen molar-refractivity contribution in [3.05, 3.63) is 52.8 Å². The number of amides is 1. The predicted molar refractivity (Wildman–Crippen MR) is 80.7 cm³/mol. The Kier molecular flexibility index (Phi) is 4.88. The second-order valence-corrected chi connectivity index (χ2v) is 5.05. The summed E-state index contributed by atoms with van der Waals surface area (Å²) in [6.07, 6.45) is 1.06. The highest BCUT2D eigenvalue weighted by atomic mass is 35.5. The van der Waals surface area contributed by atoms with Crippen LogP contribution < -0.4 is 10.1 Å². The minimum Gasteiger partial charge on any atom is -0.496 e. The van der Waals surface area contributed by atoms with Crippen molar-refractivity contribution in [3.8, 4) is 5.75 Å². The van der Waals surface area contributed by atoms with E-state index in [1.807, 2.05) is 19.3 Å². The van der Waals surface area contributed by atoms with E-state index in [1.165, 1.54) is 13.2 Å². The van der Waals surface area contributed by atoms with Gasteiger partial charge in [0.25, 0.3) is 5.91 Å². The highest BCUT2D eigenvalue weighted by Crippen LogP contribution is 2.22. The third-order valence-corrected chi connectivity index (χ3v) is 3.42. The molecule has 0 bridgehead atoms. The number of methoxy groups -OCH3 is 1. The molecular weight excluding hydrogens is 292 g/mol. The van der Waals surface area contributed by atoms with Crippen LogP contribution in [0.15, 0.2) is 36.5 Å². The Hall–Kier alpha value is -1.98. The van der Waals surface area contributed by atoms with E-state index >= 15 is 0 Å². The van der Waals surface area contributed by atoms with Gasteiger partial charge < -0.3 is 19.7 Å². The molecule has 5 nitrogen and oxygen atoms in total. The molecule has 0 saturated carbocycles. The molecule has 0 fully saturated rings. The topological polar surface area (TPSA) is 63.5 Å². The molecule has 0 aliphatic carbocycles. The Morgan fingerprint density at radius 2 is 2.24 bits per heavy atom. The van der Waals surface area contributed by atoms with Crippen molar-refractivity contribution in [1.29, 1.82) is 0 Å². The van der Waals surface area contributed by atoms with Crippen molar-refractivity contribution in [2.45, 2.75) is 6.10 Å². The summed E-state index contributed by atoms with van der Waals surface area (Å²) < 4.78 is 6.94. The number of hydrogen-bond acceptors (Lipinski definition) is 3. The van der Waals surface area contributed by atoms with Gasteiger partial charge in [-0.05, 0) is 30.3 Å². The molecule has 0 spiro atoms. The van der Waals surface area contributed by atoms with Crippen LogP contribution in [0.1, 0.15) is 22.2 Å². The molecule has 1 aromatic carbocycles. The van der Waals surface area contributed by atoms with Crippen LogP contribution in [0.5, 0.6) is 5.75 Å². The summed E-state index contributed by atoms with van der Waals surface area (Å²) in [6, 6.07) is 8.45. The molecule has 0 aliphatic heterocycles. The average Bonchev–Trinajstić information content (AvgIpc) is 2.90. The first-order valence-electron chi connectivity index (χ1n) is 6.44. The second-order valence-electron chi connectivity index (χ2n) is 4.61. The number of halogens is 1. The van der Waals surface area contributed by atoms with Crippen LogP contribution in [-0.4, -0.2) is 29.2 Å². The first-order valence-corrected chi connectivity index (χ1v) is 6.81. The number of carbonyl (C=O) groups is 1. The Morgan fingerprint density at radius 1 is 1.48 bits per heavy atom. The fraction of sp³-hybridized carbons (Fsp3) is 0.267. The van der Waals surface area contributed by atoms with Gasteiger partial charge in [-0.2, -0.15) is 0 Å². The van der Waals surface area contributed by atoms with Gasteiger partial charge in [-0.15, -0.1) is 0 Å². The maximum Gasteiger partial charge on any atom is 0.255 e. The summed E-state index contributed by atoms with van der Waals surface area (Å²) in [6.45, 7) is 0.104.